The van der Waals surface area contributed by atoms with Crippen molar-refractivity contribution in [2.24, 2.45) is 8.73 Å². The fraction of sp³-hybridized carbons (Fsp3) is 0. The number of rotatable bonds is 0. The Labute approximate surface area is 54.9 Å². The lowest BCUT2D eigenvalue weighted by atomic mass is 10.6. The van der Waals surface area contributed by atoms with E-state index in [0.29, 0.717) is 11.6 Å². The molecule has 0 radical (unpaired) electrons. The van der Waals surface area contributed by atoms with Crippen LogP contribution < -0.4 is 0 Å². The lowest BCUT2D eigenvalue weighted by Gasteiger charge is -1.85. The van der Waals surface area contributed by atoms with Gasteiger partial charge in [0.15, 0.2) is 0 Å². The molecule has 1 aromatic heterocycles. The Hall–Kier alpha value is -1.10. The van der Waals surface area contributed by atoms with Crippen molar-refractivity contribution in [3.05, 3.63) is 12.4 Å². The second kappa shape index (κ2) is 1.70. The van der Waals surface area contributed by atoms with E-state index in [2.05, 4.69) is 18.7 Å². The van der Waals surface area contributed by atoms with Crippen LogP contribution in [0.5, 0.6) is 0 Å². The van der Waals surface area contributed by atoms with Gasteiger partial charge in [0.1, 0.15) is 0 Å². The highest BCUT2D eigenvalue weighted by Gasteiger charge is 2.03. The Morgan fingerprint density at radius 1 is 1.00 bits per heavy atom. The van der Waals surface area contributed by atoms with E-state index in [4.69, 9.17) is 0 Å². The molecule has 4 nitrogen and oxygen atoms in total. The van der Waals surface area contributed by atoms with Crippen molar-refractivity contribution in [2.75, 3.05) is 0 Å². The monoisotopic (exact) mass is 138 g/mol. The molecule has 2 rings (SSSR count). The average Bonchev–Trinajstić information content (AvgIpc) is 2.33. The van der Waals surface area contributed by atoms with Gasteiger partial charge in [0, 0.05) is 12.4 Å². The molecular formula is C4H2N4S. The fourth-order valence-electron chi connectivity index (χ4n) is 0.550. The van der Waals surface area contributed by atoms with Gasteiger partial charge < -0.3 is 0 Å². The minimum absolute atomic E-state index is 0.627. The van der Waals surface area contributed by atoms with E-state index in [0.717, 1.165) is 11.4 Å². The van der Waals surface area contributed by atoms with Crippen LogP contribution >= 0.6 is 0 Å². The van der Waals surface area contributed by atoms with Crippen LogP contribution in [0.2, 0.25) is 0 Å². The lowest BCUT2D eigenvalue weighted by molar-refractivity contribution is 1.18. The normalized spacial score (nSPS) is 12.9. The zero-order chi connectivity index (χ0) is 6.10. The van der Waals surface area contributed by atoms with Gasteiger partial charge in [-0.25, -0.2) is 9.97 Å². The maximum Gasteiger partial charge on any atom is 0.212 e. The molecule has 44 valence electrons. The standard InChI is InChI=1S/C4H2N4S/c1-2-6-4-3(5-1)7-9-8-4/h1-2H. The first-order valence-electron chi connectivity index (χ1n) is 2.36. The average molecular weight is 138 g/mol. The zero-order valence-electron chi connectivity index (χ0n) is 4.35. The molecule has 0 saturated heterocycles. The third kappa shape index (κ3) is 0.655. The zero-order valence-corrected chi connectivity index (χ0v) is 5.17. The quantitative estimate of drug-likeness (QED) is 0.549. The summed E-state index contributed by atoms with van der Waals surface area (Å²) in [5.74, 6) is 1.25. The van der Waals surface area contributed by atoms with Crippen LogP contribution in [0.25, 0.3) is 0 Å². The SMILES string of the molecule is c1cnc2c(n1)N=S=N2. The van der Waals surface area contributed by atoms with Gasteiger partial charge in [-0.1, -0.05) is 0 Å². The molecule has 5 heteroatoms. The van der Waals surface area contributed by atoms with Crippen molar-refractivity contribution < 1.29 is 0 Å². The minimum atomic E-state index is 0.627. The minimum Gasteiger partial charge on any atom is -0.231 e. The van der Waals surface area contributed by atoms with Crippen molar-refractivity contribution in [3.63, 3.8) is 0 Å². The Kier molecular flexibility index (Phi) is 0.895. The third-order valence-corrected chi connectivity index (χ3v) is 1.42. The number of fused-ring (bicyclic) bond motifs is 1. The summed E-state index contributed by atoms with van der Waals surface area (Å²) < 4.78 is 7.75. The van der Waals surface area contributed by atoms with Crippen LogP contribution in [0, 0.1) is 0 Å². The first-order valence-corrected chi connectivity index (χ1v) is 3.09. The molecule has 1 aliphatic heterocycles. The van der Waals surface area contributed by atoms with Gasteiger partial charge in [-0.15, -0.1) is 0 Å². The molecule has 2 heterocycles. The Morgan fingerprint density at radius 2 is 1.56 bits per heavy atom. The second-order valence-electron chi connectivity index (χ2n) is 1.47. The molecule has 0 spiro atoms. The summed E-state index contributed by atoms with van der Waals surface area (Å²) in [6.07, 6.45) is 3.20. The maximum atomic E-state index is 3.92. The highest BCUT2D eigenvalue weighted by Crippen LogP contribution is 2.24. The summed E-state index contributed by atoms with van der Waals surface area (Å²) in [4.78, 5) is 7.83. The van der Waals surface area contributed by atoms with E-state index in [-0.39, 0.29) is 0 Å². The van der Waals surface area contributed by atoms with Crippen LogP contribution in [0.1, 0.15) is 0 Å². The molecule has 9 heavy (non-hydrogen) atoms. The van der Waals surface area contributed by atoms with Gasteiger partial charge in [0.05, 0.1) is 11.4 Å². The Balaban J connectivity index is 2.72. The van der Waals surface area contributed by atoms with E-state index in [9.17, 15) is 0 Å². The largest absolute Gasteiger partial charge is 0.231 e. The Morgan fingerprint density at radius 3 is 2.11 bits per heavy atom. The number of hydrogen-bond acceptors (Lipinski definition) is 4. The molecule has 0 fully saturated rings. The predicted molar refractivity (Wildman–Crippen MR) is 33.6 cm³/mol. The van der Waals surface area contributed by atoms with Crippen LogP contribution in [-0.2, 0) is 11.4 Å². The molecular weight excluding hydrogens is 136 g/mol. The van der Waals surface area contributed by atoms with E-state index in [1.165, 1.54) is 0 Å². The number of nitrogens with zero attached hydrogens (tertiary/aromatic N) is 4. The molecule has 0 amide bonds. The van der Waals surface area contributed by atoms with Gasteiger partial charge in [-0.3, -0.25) is 0 Å². The molecule has 0 bridgehead atoms. The highest BCUT2D eigenvalue weighted by molar-refractivity contribution is 7.58. The summed E-state index contributed by atoms with van der Waals surface area (Å²) in [6, 6.07) is 0. The van der Waals surface area contributed by atoms with Crippen molar-refractivity contribution in [2.45, 2.75) is 0 Å². The molecule has 0 saturated carbocycles. The lowest BCUT2D eigenvalue weighted by Crippen LogP contribution is -1.73. The summed E-state index contributed by atoms with van der Waals surface area (Å²) in [6.45, 7) is 0. The third-order valence-electron chi connectivity index (χ3n) is 0.915. The second-order valence-corrected chi connectivity index (χ2v) is 2.00. The number of hydrogen-bond donors (Lipinski definition) is 0. The van der Waals surface area contributed by atoms with Gasteiger partial charge in [-0.2, -0.15) is 8.73 Å². The predicted octanol–water partition coefficient (Wildman–Crippen LogP) is 1.20. The highest BCUT2D eigenvalue weighted by atomic mass is 32.1. The molecule has 0 N–H and O–H groups in total. The van der Waals surface area contributed by atoms with E-state index >= 15 is 0 Å². The van der Waals surface area contributed by atoms with Gasteiger partial charge in [-0.05, 0) is 0 Å². The van der Waals surface area contributed by atoms with Crippen LogP contribution in [0.3, 0.4) is 0 Å². The smallest absolute Gasteiger partial charge is 0.212 e. The van der Waals surface area contributed by atoms with Crippen molar-refractivity contribution >= 4 is 23.0 Å². The Bertz CT molecular complexity index is 274. The fourth-order valence-corrected chi connectivity index (χ4v) is 1.00. The summed E-state index contributed by atoms with van der Waals surface area (Å²) in [5, 5.41) is 0. The molecule has 0 aliphatic carbocycles. The summed E-state index contributed by atoms with van der Waals surface area (Å²) in [5.41, 5.74) is 0. The van der Waals surface area contributed by atoms with E-state index < -0.39 is 0 Å². The van der Waals surface area contributed by atoms with E-state index in [1.807, 2.05) is 0 Å². The maximum absolute atomic E-state index is 3.92. The topological polar surface area (TPSA) is 50.5 Å². The molecule has 1 aliphatic rings. The first-order chi connectivity index (χ1) is 4.47. The van der Waals surface area contributed by atoms with Crippen LogP contribution in [-0.4, -0.2) is 9.97 Å². The molecule has 1 aromatic rings. The summed E-state index contributed by atoms with van der Waals surface area (Å²) >= 11 is 1.13. The van der Waals surface area contributed by atoms with Crippen LogP contribution in [0.4, 0.5) is 11.6 Å². The van der Waals surface area contributed by atoms with Crippen molar-refractivity contribution in [3.8, 4) is 0 Å². The van der Waals surface area contributed by atoms with Gasteiger partial charge in [0.2, 0.25) is 11.6 Å². The molecule has 0 atom stereocenters. The molecule has 0 unspecified atom stereocenters. The first kappa shape index (κ1) is 4.75. The van der Waals surface area contributed by atoms with Crippen molar-refractivity contribution in [1.82, 2.24) is 9.97 Å². The van der Waals surface area contributed by atoms with Crippen molar-refractivity contribution in [1.29, 1.82) is 0 Å². The van der Waals surface area contributed by atoms with E-state index in [1.54, 1.807) is 12.4 Å². The van der Waals surface area contributed by atoms with Gasteiger partial charge >= 0.3 is 0 Å². The van der Waals surface area contributed by atoms with Gasteiger partial charge in [0.25, 0.3) is 0 Å². The summed E-state index contributed by atoms with van der Waals surface area (Å²) in [7, 11) is 0. The molecule has 0 aromatic carbocycles. The van der Waals surface area contributed by atoms with Crippen LogP contribution in [0.15, 0.2) is 21.1 Å². The number of aromatic nitrogens is 2.